The van der Waals surface area contributed by atoms with Crippen molar-refractivity contribution in [3.05, 3.63) is 58.3 Å². The van der Waals surface area contributed by atoms with Crippen molar-refractivity contribution in [1.29, 1.82) is 0 Å². The van der Waals surface area contributed by atoms with E-state index < -0.39 is 5.91 Å². The van der Waals surface area contributed by atoms with Crippen LogP contribution in [-0.2, 0) is 4.79 Å². The average Bonchev–Trinajstić information content (AvgIpc) is 2.58. The van der Waals surface area contributed by atoms with Crippen LogP contribution in [0, 0.1) is 0 Å². The number of carbonyl (C=O) groups excluding carboxylic acids is 2. The SMILES string of the molecule is O=C(CNC(=O)c1cc(Cl)ccn1)NCCSc1ccc(Cl)cc1. The maximum Gasteiger partial charge on any atom is 0.270 e. The number of thioether (sulfide) groups is 1. The highest BCUT2D eigenvalue weighted by atomic mass is 35.5. The van der Waals surface area contributed by atoms with E-state index in [9.17, 15) is 9.59 Å². The summed E-state index contributed by atoms with van der Waals surface area (Å²) in [5.74, 6) is 0.0160. The Balaban J connectivity index is 1.64. The van der Waals surface area contributed by atoms with Crippen LogP contribution < -0.4 is 10.6 Å². The highest BCUT2D eigenvalue weighted by Gasteiger charge is 2.09. The van der Waals surface area contributed by atoms with Crippen LogP contribution in [0.5, 0.6) is 0 Å². The van der Waals surface area contributed by atoms with Crippen LogP contribution in [0.25, 0.3) is 0 Å². The van der Waals surface area contributed by atoms with Crippen molar-refractivity contribution in [2.45, 2.75) is 4.90 Å². The zero-order valence-corrected chi connectivity index (χ0v) is 14.9. The Kier molecular flexibility index (Phi) is 7.36. The Bertz CT molecular complexity index is 711. The maximum absolute atomic E-state index is 11.8. The van der Waals surface area contributed by atoms with Crippen LogP contribution >= 0.6 is 35.0 Å². The number of hydrogen-bond acceptors (Lipinski definition) is 4. The molecule has 0 atom stereocenters. The fourth-order valence-corrected chi connectivity index (χ4v) is 2.79. The molecular weight excluding hydrogens is 369 g/mol. The molecule has 0 bridgehead atoms. The standard InChI is InChI=1S/C16H15Cl2N3O2S/c17-11-1-3-13(4-2-11)24-8-7-20-15(22)10-21-16(23)14-9-12(18)5-6-19-14/h1-6,9H,7-8,10H2,(H,20,22)(H,21,23). The second-order valence-electron chi connectivity index (χ2n) is 4.69. The minimum Gasteiger partial charge on any atom is -0.354 e. The van der Waals surface area contributed by atoms with Crippen LogP contribution in [0.2, 0.25) is 10.0 Å². The molecule has 2 aromatic rings. The van der Waals surface area contributed by atoms with Crippen LogP contribution in [0.1, 0.15) is 10.5 Å². The van der Waals surface area contributed by atoms with E-state index in [0.29, 0.717) is 16.6 Å². The highest BCUT2D eigenvalue weighted by Crippen LogP contribution is 2.19. The molecule has 0 aliphatic rings. The van der Waals surface area contributed by atoms with Gasteiger partial charge < -0.3 is 10.6 Å². The fourth-order valence-electron chi connectivity index (χ4n) is 1.73. The van der Waals surface area contributed by atoms with Gasteiger partial charge in [0.05, 0.1) is 6.54 Å². The summed E-state index contributed by atoms with van der Waals surface area (Å²) in [7, 11) is 0. The van der Waals surface area contributed by atoms with Gasteiger partial charge in [-0.25, -0.2) is 0 Å². The van der Waals surface area contributed by atoms with Crippen LogP contribution in [0.15, 0.2) is 47.5 Å². The number of carbonyl (C=O) groups is 2. The molecule has 0 radical (unpaired) electrons. The molecule has 5 nitrogen and oxygen atoms in total. The number of hydrogen-bond donors (Lipinski definition) is 2. The van der Waals surface area contributed by atoms with Crippen molar-refractivity contribution in [2.75, 3.05) is 18.8 Å². The van der Waals surface area contributed by atoms with Crippen molar-refractivity contribution >= 4 is 46.8 Å². The number of nitrogens with zero attached hydrogens (tertiary/aromatic N) is 1. The summed E-state index contributed by atoms with van der Waals surface area (Å²) in [5.41, 5.74) is 0.175. The third-order valence-corrected chi connectivity index (χ3v) is 4.37. The van der Waals surface area contributed by atoms with Gasteiger partial charge in [-0.1, -0.05) is 23.2 Å². The summed E-state index contributed by atoms with van der Waals surface area (Å²) in [4.78, 5) is 28.5. The summed E-state index contributed by atoms with van der Waals surface area (Å²) in [6.07, 6.45) is 1.44. The Morgan fingerprint density at radius 1 is 1.04 bits per heavy atom. The first kappa shape index (κ1) is 18.6. The molecule has 0 aliphatic carbocycles. The summed E-state index contributed by atoms with van der Waals surface area (Å²) in [5, 5.41) is 6.34. The van der Waals surface area contributed by atoms with Crippen LogP contribution in [0.4, 0.5) is 0 Å². The molecule has 0 fully saturated rings. The molecule has 24 heavy (non-hydrogen) atoms. The average molecular weight is 384 g/mol. The lowest BCUT2D eigenvalue weighted by molar-refractivity contribution is -0.120. The van der Waals surface area contributed by atoms with Crippen LogP contribution in [-0.4, -0.2) is 35.6 Å². The number of amides is 2. The molecule has 0 saturated heterocycles. The number of nitrogens with one attached hydrogen (secondary N) is 2. The predicted octanol–water partition coefficient (Wildman–Crippen LogP) is 3.03. The first-order valence-corrected chi connectivity index (χ1v) is 8.83. The van der Waals surface area contributed by atoms with E-state index in [0.717, 1.165) is 10.6 Å². The first-order valence-electron chi connectivity index (χ1n) is 7.09. The third-order valence-electron chi connectivity index (χ3n) is 2.87. The van der Waals surface area contributed by atoms with Crippen LogP contribution in [0.3, 0.4) is 0 Å². The lowest BCUT2D eigenvalue weighted by Crippen LogP contribution is -2.38. The van der Waals surface area contributed by atoms with Crippen molar-refractivity contribution in [3.63, 3.8) is 0 Å². The second kappa shape index (κ2) is 9.52. The van der Waals surface area contributed by atoms with E-state index in [1.807, 2.05) is 24.3 Å². The lowest BCUT2D eigenvalue weighted by Gasteiger charge is -2.07. The van der Waals surface area contributed by atoms with Gasteiger partial charge in [0.25, 0.3) is 5.91 Å². The van der Waals surface area contributed by atoms with E-state index in [1.54, 1.807) is 17.8 Å². The summed E-state index contributed by atoms with van der Waals surface area (Å²) < 4.78 is 0. The third kappa shape index (κ3) is 6.39. The normalized spacial score (nSPS) is 10.2. The zero-order chi connectivity index (χ0) is 17.4. The summed E-state index contributed by atoms with van der Waals surface area (Å²) >= 11 is 13.2. The quantitative estimate of drug-likeness (QED) is 0.569. The predicted molar refractivity (Wildman–Crippen MR) is 96.8 cm³/mol. The number of halogens is 2. The molecule has 8 heteroatoms. The smallest absolute Gasteiger partial charge is 0.270 e. The van der Waals surface area contributed by atoms with Gasteiger partial charge in [-0.15, -0.1) is 11.8 Å². The molecule has 2 amide bonds. The molecule has 1 aromatic heterocycles. The van der Waals surface area contributed by atoms with Crippen molar-refractivity contribution in [1.82, 2.24) is 15.6 Å². The fraction of sp³-hybridized carbons (Fsp3) is 0.188. The van der Waals surface area contributed by atoms with E-state index in [4.69, 9.17) is 23.2 Å². The molecule has 2 rings (SSSR count). The molecule has 1 aromatic carbocycles. The zero-order valence-electron chi connectivity index (χ0n) is 12.6. The molecule has 0 saturated carbocycles. The molecule has 126 valence electrons. The van der Waals surface area contributed by atoms with Gasteiger partial charge in [0.2, 0.25) is 5.91 Å². The molecule has 0 unspecified atom stereocenters. The van der Waals surface area contributed by atoms with Crippen molar-refractivity contribution in [2.24, 2.45) is 0 Å². The molecular formula is C16H15Cl2N3O2S. The Morgan fingerprint density at radius 2 is 1.79 bits per heavy atom. The number of aromatic nitrogens is 1. The lowest BCUT2D eigenvalue weighted by atomic mass is 10.3. The molecule has 0 spiro atoms. The van der Waals surface area contributed by atoms with Gasteiger partial charge in [0, 0.05) is 33.4 Å². The highest BCUT2D eigenvalue weighted by molar-refractivity contribution is 7.99. The Morgan fingerprint density at radius 3 is 2.50 bits per heavy atom. The number of benzene rings is 1. The number of pyridine rings is 1. The monoisotopic (exact) mass is 383 g/mol. The summed E-state index contributed by atoms with van der Waals surface area (Å²) in [6.45, 7) is 0.385. The van der Waals surface area contributed by atoms with Gasteiger partial charge in [-0.05, 0) is 36.4 Å². The number of rotatable bonds is 7. The van der Waals surface area contributed by atoms with E-state index in [1.165, 1.54) is 12.3 Å². The van der Waals surface area contributed by atoms with E-state index in [-0.39, 0.29) is 18.1 Å². The molecule has 0 aliphatic heterocycles. The summed E-state index contributed by atoms with van der Waals surface area (Å²) in [6, 6.07) is 10.5. The Hall–Kier alpha value is -1.76. The first-order chi connectivity index (χ1) is 11.5. The van der Waals surface area contributed by atoms with Gasteiger partial charge >= 0.3 is 0 Å². The van der Waals surface area contributed by atoms with Crippen molar-refractivity contribution < 1.29 is 9.59 Å². The largest absolute Gasteiger partial charge is 0.354 e. The van der Waals surface area contributed by atoms with Crippen molar-refractivity contribution in [3.8, 4) is 0 Å². The van der Waals surface area contributed by atoms with Gasteiger partial charge in [-0.2, -0.15) is 0 Å². The Labute approximate surface area is 154 Å². The van der Waals surface area contributed by atoms with E-state index in [2.05, 4.69) is 15.6 Å². The molecule has 1 heterocycles. The van der Waals surface area contributed by atoms with Gasteiger partial charge in [0.15, 0.2) is 0 Å². The minimum atomic E-state index is -0.441. The maximum atomic E-state index is 11.8. The van der Waals surface area contributed by atoms with Gasteiger partial charge in [0.1, 0.15) is 5.69 Å². The second-order valence-corrected chi connectivity index (χ2v) is 6.74. The topological polar surface area (TPSA) is 71.1 Å². The van der Waals surface area contributed by atoms with Gasteiger partial charge in [-0.3, -0.25) is 14.6 Å². The molecule has 2 N–H and O–H groups in total. The van der Waals surface area contributed by atoms with E-state index >= 15 is 0 Å². The minimum absolute atomic E-state index is 0.112.